The third-order valence-corrected chi connectivity index (χ3v) is 3.74. The molecule has 3 nitrogen and oxygen atoms in total. The summed E-state index contributed by atoms with van der Waals surface area (Å²) in [5.74, 6) is 0. The number of hydrogen-bond donors (Lipinski definition) is 1. The Labute approximate surface area is 107 Å². The van der Waals surface area contributed by atoms with E-state index in [1.54, 1.807) is 0 Å². The van der Waals surface area contributed by atoms with Gasteiger partial charge in [0.25, 0.3) is 0 Å². The largest absolute Gasteiger partial charge is 0.398 e. The molecule has 0 radical (unpaired) electrons. The summed E-state index contributed by atoms with van der Waals surface area (Å²) >= 11 is 5.91. The normalized spacial score (nSPS) is 24.5. The molecule has 2 atom stereocenters. The van der Waals surface area contributed by atoms with Gasteiger partial charge in [0.2, 0.25) is 0 Å². The van der Waals surface area contributed by atoms with Crippen LogP contribution in [-0.4, -0.2) is 30.7 Å². The van der Waals surface area contributed by atoms with Crippen LogP contribution in [0.4, 0.5) is 5.69 Å². The van der Waals surface area contributed by atoms with Gasteiger partial charge in [0.05, 0.1) is 16.8 Å². The average Bonchev–Trinajstić information content (AvgIpc) is 2.70. The Hall–Kier alpha value is -0.770. The average molecular weight is 255 g/mol. The lowest BCUT2D eigenvalue weighted by Crippen LogP contribution is -2.36. The number of hydrogen-bond acceptors (Lipinski definition) is 3. The van der Waals surface area contributed by atoms with E-state index in [0.717, 1.165) is 19.6 Å². The summed E-state index contributed by atoms with van der Waals surface area (Å²) in [6, 6.07) is 6.32. The second kappa shape index (κ2) is 5.25. The van der Waals surface area contributed by atoms with Gasteiger partial charge in [-0.15, -0.1) is 0 Å². The third-order valence-electron chi connectivity index (χ3n) is 3.39. The SMILES string of the molecule is CC1OCCC1N(C)Cc1ccc(Cl)c(N)c1. The summed E-state index contributed by atoms with van der Waals surface area (Å²) in [6.07, 6.45) is 1.41. The highest BCUT2D eigenvalue weighted by Crippen LogP contribution is 2.23. The zero-order valence-electron chi connectivity index (χ0n) is 10.3. The summed E-state index contributed by atoms with van der Waals surface area (Å²) in [5.41, 5.74) is 7.64. The van der Waals surface area contributed by atoms with E-state index in [9.17, 15) is 0 Å². The van der Waals surface area contributed by atoms with Crippen molar-refractivity contribution < 1.29 is 4.74 Å². The molecule has 0 spiro atoms. The first-order valence-electron chi connectivity index (χ1n) is 5.93. The van der Waals surface area contributed by atoms with Crippen LogP contribution in [0.3, 0.4) is 0 Å². The Bertz CT molecular complexity index is 397. The summed E-state index contributed by atoms with van der Waals surface area (Å²) in [4.78, 5) is 2.32. The molecule has 0 saturated carbocycles. The zero-order chi connectivity index (χ0) is 12.4. The first-order chi connectivity index (χ1) is 8.08. The molecular formula is C13H19ClN2O. The minimum Gasteiger partial charge on any atom is -0.398 e. The molecule has 1 aromatic rings. The fourth-order valence-electron chi connectivity index (χ4n) is 2.40. The highest BCUT2D eigenvalue weighted by atomic mass is 35.5. The van der Waals surface area contributed by atoms with Crippen LogP contribution in [0.15, 0.2) is 18.2 Å². The lowest BCUT2D eigenvalue weighted by Gasteiger charge is -2.26. The Balaban J connectivity index is 2.02. The molecule has 0 amide bonds. The molecule has 1 fully saturated rings. The topological polar surface area (TPSA) is 38.5 Å². The van der Waals surface area contributed by atoms with Crippen molar-refractivity contribution in [1.29, 1.82) is 0 Å². The predicted molar refractivity (Wildman–Crippen MR) is 71.2 cm³/mol. The van der Waals surface area contributed by atoms with E-state index in [-0.39, 0.29) is 0 Å². The van der Waals surface area contributed by atoms with Gasteiger partial charge in [-0.25, -0.2) is 0 Å². The third kappa shape index (κ3) is 2.92. The van der Waals surface area contributed by atoms with Crippen molar-refractivity contribution in [3.05, 3.63) is 28.8 Å². The van der Waals surface area contributed by atoms with Gasteiger partial charge < -0.3 is 10.5 Å². The van der Waals surface area contributed by atoms with Crippen LogP contribution in [0.25, 0.3) is 0 Å². The number of nitrogens with zero attached hydrogens (tertiary/aromatic N) is 1. The molecular weight excluding hydrogens is 236 g/mol. The molecule has 1 aromatic carbocycles. The van der Waals surface area contributed by atoms with Gasteiger partial charge >= 0.3 is 0 Å². The quantitative estimate of drug-likeness (QED) is 0.843. The summed E-state index contributed by atoms with van der Waals surface area (Å²) in [7, 11) is 2.13. The molecule has 0 aromatic heterocycles. The monoisotopic (exact) mass is 254 g/mol. The molecule has 17 heavy (non-hydrogen) atoms. The van der Waals surface area contributed by atoms with E-state index < -0.39 is 0 Å². The second-order valence-electron chi connectivity index (χ2n) is 4.70. The maximum absolute atomic E-state index is 5.91. The first kappa shape index (κ1) is 12.7. The van der Waals surface area contributed by atoms with Crippen LogP contribution >= 0.6 is 11.6 Å². The summed E-state index contributed by atoms with van der Waals surface area (Å²) in [6.45, 7) is 3.86. The molecule has 0 bridgehead atoms. The van der Waals surface area contributed by atoms with Gasteiger partial charge in [0.15, 0.2) is 0 Å². The Morgan fingerprint density at radius 1 is 1.53 bits per heavy atom. The number of anilines is 1. The van der Waals surface area contributed by atoms with Crippen molar-refractivity contribution in [3.63, 3.8) is 0 Å². The van der Waals surface area contributed by atoms with Crippen LogP contribution in [0.2, 0.25) is 5.02 Å². The number of rotatable bonds is 3. The number of nitrogen functional groups attached to an aromatic ring is 1. The molecule has 94 valence electrons. The van der Waals surface area contributed by atoms with Crippen LogP contribution in [0, 0.1) is 0 Å². The first-order valence-corrected chi connectivity index (χ1v) is 6.31. The van der Waals surface area contributed by atoms with Crippen LogP contribution in [0.1, 0.15) is 18.9 Å². The lowest BCUT2D eigenvalue weighted by molar-refractivity contribution is 0.0814. The van der Waals surface area contributed by atoms with E-state index in [2.05, 4.69) is 18.9 Å². The van der Waals surface area contributed by atoms with Gasteiger partial charge in [-0.1, -0.05) is 17.7 Å². The van der Waals surface area contributed by atoms with Crippen LogP contribution in [-0.2, 0) is 11.3 Å². The summed E-state index contributed by atoms with van der Waals surface area (Å²) < 4.78 is 5.58. The maximum Gasteiger partial charge on any atom is 0.0703 e. The molecule has 2 unspecified atom stereocenters. The van der Waals surface area contributed by atoms with E-state index in [4.69, 9.17) is 22.1 Å². The number of likely N-dealkylation sites (N-methyl/N-ethyl adjacent to an activating group) is 1. The van der Waals surface area contributed by atoms with Gasteiger partial charge in [-0.05, 0) is 38.1 Å². The molecule has 1 aliphatic rings. The molecule has 2 rings (SSSR count). The Morgan fingerprint density at radius 2 is 2.29 bits per heavy atom. The lowest BCUT2D eigenvalue weighted by atomic mass is 10.1. The predicted octanol–water partition coefficient (Wildman–Crippen LogP) is 2.53. The van der Waals surface area contributed by atoms with Crippen molar-refractivity contribution >= 4 is 17.3 Å². The number of benzene rings is 1. The van der Waals surface area contributed by atoms with Crippen molar-refractivity contribution in [2.24, 2.45) is 0 Å². The van der Waals surface area contributed by atoms with Gasteiger partial charge in [-0.2, -0.15) is 0 Å². The highest BCUT2D eigenvalue weighted by molar-refractivity contribution is 6.33. The maximum atomic E-state index is 5.91. The van der Waals surface area contributed by atoms with E-state index in [1.165, 1.54) is 5.56 Å². The van der Waals surface area contributed by atoms with Crippen molar-refractivity contribution in [2.75, 3.05) is 19.4 Å². The number of ether oxygens (including phenoxy) is 1. The second-order valence-corrected chi connectivity index (χ2v) is 5.11. The molecule has 1 aliphatic heterocycles. The molecule has 1 saturated heterocycles. The fourth-order valence-corrected chi connectivity index (χ4v) is 2.51. The van der Waals surface area contributed by atoms with Crippen molar-refractivity contribution in [2.45, 2.75) is 32.0 Å². The summed E-state index contributed by atoms with van der Waals surface area (Å²) in [5, 5.41) is 0.619. The minimum atomic E-state index is 0.310. The van der Waals surface area contributed by atoms with E-state index in [0.29, 0.717) is 22.9 Å². The fraction of sp³-hybridized carbons (Fsp3) is 0.538. The Kier molecular flexibility index (Phi) is 3.92. The standard InChI is InChI=1S/C13H19ClN2O/c1-9-13(5-6-17-9)16(2)8-10-3-4-11(14)12(15)7-10/h3-4,7,9,13H,5-6,8,15H2,1-2H3. The number of nitrogens with two attached hydrogens (primary N) is 1. The van der Waals surface area contributed by atoms with Crippen LogP contribution < -0.4 is 5.73 Å². The molecule has 0 aliphatic carbocycles. The molecule has 4 heteroatoms. The highest BCUT2D eigenvalue weighted by Gasteiger charge is 2.27. The smallest absolute Gasteiger partial charge is 0.0703 e. The van der Waals surface area contributed by atoms with Gasteiger partial charge in [0.1, 0.15) is 0 Å². The van der Waals surface area contributed by atoms with Gasteiger partial charge in [0, 0.05) is 19.2 Å². The van der Waals surface area contributed by atoms with Crippen molar-refractivity contribution in [1.82, 2.24) is 4.90 Å². The molecule has 2 N–H and O–H groups in total. The zero-order valence-corrected chi connectivity index (χ0v) is 11.1. The van der Waals surface area contributed by atoms with E-state index >= 15 is 0 Å². The van der Waals surface area contributed by atoms with E-state index in [1.807, 2.05) is 18.2 Å². The number of halogens is 1. The van der Waals surface area contributed by atoms with Crippen LogP contribution in [0.5, 0.6) is 0 Å². The molecule has 1 heterocycles. The van der Waals surface area contributed by atoms with Gasteiger partial charge in [-0.3, -0.25) is 4.90 Å². The van der Waals surface area contributed by atoms with Crippen molar-refractivity contribution in [3.8, 4) is 0 Å². The minimum absolute atomic E-state index is 0.310. The Morgan fingerprint density at radius 3 is 2.88 bits per heavy atom.